The monoisotopic (exact) mass is 285 g/mol. The third-order valence-electron chi connectivity index (χ3n) is 3.47. The lowest BCUT2D eigenvalue weighted by molar-refractivity contribution is 0.0785. The fraction of sp³-hybridized carbons (Fsp3) is 0.278. The van der Waals surface area contributed by atoms with Gasteiger partial charge >= 0.3 is 0 Å². The molecule has 0 saturated heterocycles. The molecule has 0 aliphatic rings. The molecule has 0 aromatic heterocycles. The van der Waals surface area contributed by atoms with Gasteiger partial charge in [-0.05, 0) is 35.2 Å². The van der Waals surface area contributed by atoms with Gasteiger partial charge in [-0.1, -0.05) is 44.2 Å². The van der Waals surface area contributed by atoms with E-state index < -0.39 is 0 Å². The quantitative estimate of drug-likeness (QED) is 0.823. The summed E-state index contributed by atoms with van der Waals surface area (Å²) >= 11 is 0. The highest BCUT2D eigenvalue weighted by atomic mass is 19.1. The van der Waals surface area contributed by atoms with E-state index in [4.69, 9.17) is 0 Å². The molecule has 2 rings (SSSR count). The number of rotatable bonds is 4. The summed E-state index contributed by atoms with van der Waals surface area (Å²) in [5.74, 6) is -0.116. The standard InChI is InChI=1S/C18H20FNO/c1-13(2)16-10-9-14(11-17(16)19)12-20(3)18(21)15-7-5-4-6-8-15/h4-11,13H,12H2,1-3H3. The molecule has 0 fully saturated rings. The van der Waals surface area contributed by atoms with Crippen molar-refractivity contribution in [2.24, 2.45) is 0 Å². The Bertz CT molecular complexity index is 622. The van der Waals surface area contributed by atoms with Gasteiger partial charge in [0.25, 0.3) is 5.91 Å². The van der Waals surface area contributed by atoms with Crippen LogP contribution in [0.1, 0.15) is 41.3 Å². The minimum Gasteiger partial charge on any atom is -0.337 e. The van der Waals surface area contributed by atoms with E-state index in [0.29, 0.717) is 17.7 Å². The summed E-state index contributed by atoms with van der Waals surface area (Å²) in [7, 11) is 1.73. The van der Waals surface area contributed by atoms with E-state index in [0.717, 1.165) is 5.56 Å². The molecule has 2 aromatic carbocycles. The van der Waals surface area contributed by atoms with Gasteiger partial charge in [0, 0.05) is 19.2 Å². The van der Waals surface area contributed by atoms with Gasteiger partial charge < -0.3 is 4.90 Å². The first-order chi connectivity index (χ1) is 9.99. The van der Waals surface area contributed by atoms with Crippen LogP contribution >= 0.6 is 0 Å². The van der Waals surface area contributed by atoms with E-state index in [1.165, 1.54) is 6.07 Å². The van der Waals surface area contributed by atoms with Crippen molar-refractivity contribution in [3.05, 3.63) is 71.0 Å². The number of hydrogen-bond donors (Lipinski definition) is 0. The molecule has 0 atom stereocenters. The Morgan fingerprint density at radius 1 is 1.14 bits per heavy atom. The first-order valence-corrected chi connectivity index (χ1v) is 7.08. The summed E-state index contributed by atoms with van der Waals surface area (Å²) in [4.78, 5) is 13.8. The number of carbonyl (C=O) groups is 1. The molecule has 2 nitrogen and oxygen atoms in total. The van der Waals surface area contributed by atoms with Crippen molar-refractivity contribution in [2.45, 2.75) is 26.3 Å². The zero-order valence-electron chi connectivity index (χ0n) is 12.6. The molecule has 0 unspecified atom stereocenters. The number of benzene rings is 2. The van der Waals surface area contributed by atoms with Crippen LogP contribution in [-0.4, -0.2) is 17.9 Å². The SMILES string of the molecule is CC(C)c1ccc(CN(C)C(=O)c2ccccc2)cc1F. The van der Waals surface area contributed by atoms with Crippen molar-refractivity contribution in [2.75, 3.05) is 7.05 Å². The highest BCUT2D eigenvalue weighted by Crippen LogP contribution is 2.20. The van der Waals surface area contributed by atoms with Crippen LogP contribution < -0.4 is 0 Å². The van der Waals surface area contributed by atoms with E-state index >= 15 is 0 Å². The molecule has 0 saturated carbocycles. The van der Waals surface area contributed by atoms with Crippen molar-refractivity contribution >= 4 is 5.91 Å². The van der Waals surface area contributed by atoms with Gasteiger partial charge in [-0.2, -0.15) is 0 Å². The lowest BCUT2D eigenvalue weighted by Crippen LogP contribution is -2.26. The summed E-state index contributed by atoms with van der Waals surface area (Å²) < 4.78 is 14.0. The Kier molecular flexibility index (Phi) is 4.73. The van der Waals surface area contributed by atoms with Gasteiger partial charge in [0.2, 0.25) is 0 Å². The fourth-order valence-electron chi connectivity index (χ4n) is 2.28. The third-order valence-corrected chi connectivity index (χ3v) is 3.47. The average molecular weight is 285 g/mol. The van der Waals surface area contributed by atoms with E-state index in [-0.39, 0.29) is 17.6 Å². The Morgan fingerprint density at radius 2 is 1.81 bits per heavy atom. The zero-order chi connectivity index (χ0) is 15.4. The number of halogens is 1. The lowest BCUT2D eigenvalue weighted by Gasteiger charge is -2.18. The van der Waals surface area contributed by atoms with Gasteiger partial charge in [0.05, 0.1) is 0 Å². The van der Waals surface area contributed by atoms with Crippen molar-refractivity contribution in [3.63, 3.8) is 0 Å². The van der Waals surface area contributed by atoms with Crippen LogP contribution in [0.25, 0.3) is 0 Å². The Hall–Kier alpha value is -2.16. The molecule has 0 N–H and O–H groups in total. The molecule has 0 aliphatic heterocycles. The maximum absolute atomic E-state index is 14.0. The summed E-state index contributed by atoms with van der Waals surface area (Å²) in [5.41, 5.74) is 2.14. The molecule has 2 aromatic rings. The van der Waals surface area contributed by atoms with Crippen LogP contribution in [-0.2, 0) is 6.54 Å². The predicted molar refractivity (Wildman–Crippen MR) is 82.7 cm³/mol. The minimum absolute atomic E-state index is 0.0658. The van der Waals surface area contributed by atoms with Crippen LogP contribution in [0, 0.1) is 5.82 Å². The molecule has 3 heteroatoms. The lowest BCUT2D eigenvalue weighted by atomic mass is 10.0. The van der Waals surface area contributed by atoms with Crippen molar-refractivity contribution in [1.82, 2.24) is 4.90 Å². The highest BCUT2D eigenvalue weighted by molar-refractivity contribution is 5.93. The Labute approximate surface area is 125 Å². The third kappa shape index (κ3) is 3.69. The second-order valence-corrected chi connectivity index (χ2v) is 5.54. The van der Waals surface area contributed by atoms with Gasteiger partial charge in [-0.3, -0.25) is 4.79 Å². The molecule has 0 bridgehead atoms. The highest BCUT2D eigenvalue weighted by Gasteiger charge is 2.13. The van der Waals surface area contributed by atoms with E-state index in [2.05, 4.69) is 0 Å². The number of carbonyl (C=O) groups excluding carboxylic acids is 1. The van der Waals surface area contributed by atoms with Crippen LogP contribution in [0.3, 0.4) is 0 Å². The predicted octanol–water partition coefficient (Wildman–Crippen LogP) is 4.22. The molecular formula is C18H20FNO. The number of amides is 1. The van der Waals surface area contributed by atoms with Gasteiger partial charge in [-0.15, -0.1) is 0 Å². The normalized spacial score (nSPS) is 10.7. The van der Waals surface area contributed by atoms with Crippen LogP contribution in [0.5, 0.6) is 0 Å². The van der Waals surface area contributed by atoms with Gasteiger partial charge in [0.1, 0.15) is 5.82 Å². The van der Waals surface area contributed by atoms with Crippen molar-refractivity contribution in [3.8, 4) is 0 Å². The smallest absolute Gasteiger partial charge is 0.253 e. The first kappa shape index (κ1) is 15.2. The maximum Gasteiger partial charge on any atom is 0.253 e. The van der Waals surface area contributed by atoms with E-state index in [9.17, 15) is 9.18 Å². The van der Waals surface area contributed by atoms with Crippen molar-refractivity contribution < 1.29 is 9.18 Å². The van der Waals surface area contributed by atoms with Crippen LogP contribution in [0.15, 0.2) is 48.5 Å². The van der Waals surface area contributed by atoms with Crippen molar-refractivity contribution in [1.29, 1.82) is 0 Å². The first-order valence-electron chi connectivity index (χ1n) is 7.08. The number of nitrogens with zero attached hydrogens (tertiary/aromatic N) is 1. The minimum atomic E-state index is -0.205. The molecule has 0 spiro atoms. The number of hydrogen-bond acceptors (Lipinski definition) is 1. The Balaban J connectivity index is 2.11. The van der Waals surface area contributed by atoms with E-state index in [1.54, 1.807) is 30.1 Å². The molecule has 110 valence electrons. The summed E-state index contributed by atoms with van der Waals surface area (Å²) in [5, 5.41) is 0. The second kappa shape index (κ2) is 6.53. The van der Waals surface area contributed by atoms with Gasteiger partial charge in [0.15, 0.2) is 0 Å². The zero-order valence-corrected chi connectivity index (χ0v) is 12.6. The van der Waals surface area contributed by atoms with Crippen LogP contribution in [0.4, 0.5) is 4.39 Å². The van der Waals surface area contributed by atoms with E-state index in [1.807, 2.05) is 38.1 Å². The largest absolute Gasteiger partial charge is 0.337 e. The van der Waals surface area contributed by atoms with Gasteiger partial charge in [-0.25, -0.2) is 4.39 Å². The molecule has 0 radical (unpaired) electrons. The molecule has 1 amide bonds. The topological polar surface area (TPSA) is 20.3 Å². The van der Waals surface area contributed by atoms with Crippen LogP contribution in [0.2, 0.25) is 0 Å². The molecule has 0 aliphatic carbocycles. The maximum atomic E-state index is 14.0. The molecule has 21 heavy (non-hydrogen) atoms. The average Bonchev–Trinajstić information content (AvgIpc) is 2.47. The fourth-order valence-corrected chi connectivity index (χ4v) is 2.28. The summed E-state index contributed by atoms with van der Waals surface area (Å²) in [6.07, 6.45) is 0. The molecular weight excluding hydrogens is 265 g/mol. The molecule has 0 heterocycles. The Morgan fingerprint density at radius 3 is 2.38 bits per heavy atom. The summed E-state index contributed by atoms with van der Waals surface area (Å²) in [6, 6.07) is 14.3. The summed E-state index contributed by atoms with van der Waals surface area (Å²) in [6.45, 7) is 4.31. The second-order valence-electron chi connectivity index (χ2n) is 5.54.